The van der Waals surface area contributed by atoms with Crippen LogP contribution >= 0.6 is 23.2 Å². The van der Waals surface area contributed by atoms with Crippen LogP contribution in [0.25, 0.3) is 11.0 Å². The highest BCUT2D eigenvalue weighted by Crippen LogP contribution is 2.44. The summed E-state index contributed by atoms with van der Waals surface area (Å²) in [5, 5.41) is 1.15. The Kier molecular flexibility index (Phi) is 6.96. The number of halogens is 2. The molecule has 1 aliphatic heterocycles. The summed E-state index contributed by atoms with van der Waals surface area (Å²) in [7, 11) is 0. The van der Waals surface area contributed by atoms with Crippen LogP contribution in [0.1, 0.15) is 40.2 Å². The molecule has 40 heavy (non-hydrogen) atoms. The minimum Gasteiger partial charge on any atom is -0.490 e. The normalized spacial score (nSPS) is 14.4. The maximum atomic E-state index is 13.9. The summed E-state index contributed by atoms with van der Waals surface area (Å²) in [5.74, 6) is 0.576. The number of carbonyl (C=O) groups is 1. The number of rotatable bonds is 7. The standard InChI is InChI=1S/C32H23Cl2NO5/c1-2-38-27-15-20(11-13-26(27)39-18-19-7-4-3-5-8-19)29-28-30(36)24-17-22(34)12-14-25(24)40-31(28)32(37)35(29)23-10-6-9-21(33)16-23/h3-17,29H,2,18H2,1H3. The number of amides is 1. The van der Waals surface area contributed by atoms with Crippen molar-refractivity contribution in [2.75, 3.05) is 11.5 Å². The van der Waals surface area contributed by atoms with E-state index in [9.17, 15) is 9.59 Å². The largest absolute Gasteiger partial charge is 0.490 e. The second kappa shape index (κ2) is 10.7. The van der Waals surface area contributed by atoms with Crippen molar-refractivity contribution in [1.82, 2.24) is 0 Å². The smallest absolute Gasteiger partial charge is 0.295 e. The molecule has 8 heteroatoms. The van der Waals surface area contributed by atoms with Crippen LogP contribution in [0.5, 0.6) is 11.5 Å². The fourth-order valence-corrected chi connectivity index (χ4v) is 5.33. The maximum absolute atomic E-state index is 13.9. The van der Waals surface area contributed by atoms with Crippen LogP contribution in [0.2, 0.25) is 10.0 Å². The Bertz CT molecular complexity index is 1800. The molecule has 1 aromatic heterocycles. The first-order valence-electron chi connectivity index (χ1n) is 12.7. The van der Waals surface area contributed by atoms with E-state index in [1.807, 2.05) is 43.3 Å². The number of anilines is 1. The molecule has 4 aromatic carbocycles. The van der Waals surface area contributed by atoms with Gasteiger partial charge in [-0.2, -0.15) is 0 Å². The number of nitrogens with zero attached hydrogens (tertiary/aromatic N) is 1. The Balaban J connectivity index is 1.51. The van der Waals surface area contributed by atoms with Gasteiger partial charge in [0.05, 0.1) is 23.6 Å². The molecule has 0 bridgehead atoms. The molecule has 0 saturated carbocycles. The minimum atomic E-state index is -0.803. The fraction of sp³-hybridized carbons (Fsp3) is 0.125. The summed E-state index contributed by atoms with van der Waals surface area (Å²) < 4.78 is 18.1. The van der Waals surface area contributed by atoms with E-state index >= 15 is 0 Å². The van der Waals surface area contributed by atoms with E-state index in [0.29, 0.717) is 51.4 Å². The molecule has 0 N–H and O–H groups in total. The van der Waals surface area contributed by atoms with Crippen LogP contribution in [0, 0.1) is 0 Å². The molecule has 200 valence electrons. The number of hydrogen-bond donors (Lipinski definition) is 0. The molecule has 2 heterocycles. The van der Waals surface area contributed by atoms with Crippen LogP contribution in [0.15, 0.2) is 100 Å². The lowest BCUT2D eigenvalue weighted by atomic mass is 9.97. The third kappa shape index (κ3) is 4.70. The van der Waals surface area contributed by atoms with E-state index in [1.54, 1.807) is 54.6 Å². The third-order valence-electron chi connectivity index (χ3n) is 6.74. The van der Waals surface area contributed by atoms with Crippen molar-refractivity contribution in [3.63, 3.8) is 0 Å². The molecule has 6 rings (SSSR count). The molecule has 0 radical (unpaired) electrons. The summed E-state index contributed by atoms with van der Waals surface area (Å²) in [5.41, 5.74) is 2.37. The zero-order chi connectivity index (χ0) is 27.8. The van der Waals surface area contributed by atoms with Gasteiger partial charge in [0.1, 0.15) is 12.2 Å². The van der Waals surface area contributed by atoms with E-state index in [1.165, 1.54) is 4.90 Å². The van der Waals surface area contributed by atoms with Gasteiger partial charge >= 0.3 is 0 Å². The average molecular weight is 572 g/mol. The highest BCUT2D eigenvalue weighted by atomic mass is 35.5. The van der Waals surface area contributed by atoms with E-state index in [2.05, 4.69) is 0 Å². The predicted octanol–water partition coefficient (Wildman–Crippen LogP) is 7.83. The van der Waals surface area contributed by atoms with Crippen molar-refractivity contribution in [3.8, 4) is 11.5 Å². The van der Waals surface area contributed by atoms with Gasteiger partial charge in [0.2, 0.25) is 5.76 Å². The van der Waals surface area contributed by atoms with Crippen molar-refractivity contribution >= 4 is 45.8 Å². The summed E-state index contributed by atoms with van der Waals surface area (Å²) in [6.45, 7) is 2.63. The molecule has 0 saturated heterocycles. The summed E-state index contributed by atoms with van der Waals surface area (Å²) in [4.78, 5) is 29.3. The topological polar surface area (TPSA) is 69.0 Å². The Morgan fingerprint density at radius 1 is 0.825 bits per heavy atom. The molecule has 5 aromatic rings. The van der Waals surface area contributed by atoms with Gasteiger partial charge in [-0.15, -0.1) is 0 Å². The number of fused-ring (bicyclic) bond motifs is 2. The molecule has 1 amide bonds. The minimum absolute atomic E-state index is 0.0211. The van der Waals surface area contributed by atoms with E-state index < -0.39 is 11.9 Å². The fourth-order valence-electron chi connectivity index (χ4n) is 4.97. The van der Waals surface area contributed by atoms with E-state index in [0.717, 1.165) is 5.56 Å². The van der Waals surface area contributed by atoms with Gasteiger partial charge in [0.25, 0.3) is 5.91 Å². The summed E-state index contributed by atoms with van der Waals surface area (Å²) >= 11 is 12.5. The SMILES string of the molecule is CCOc1cc(C2c3c(oc4ccc(Cl)cc4c3=O)C(=O)N2c2cccc(Cl)c2)ccc1OCc1ccccc1. The highest BCUT2D eigenvalue weighted by Gasteiger charge is 2.44. The monoisotopic (exact) mass is 571 g/mol. The van der Waals surface area contributed by atoms with Crippen LogP contribution in [0.4, 0.5) is 5.69 Å². The summed E-state index contributed by atoms with van der Waals surface area (Å²) in [6, 6.07) is 26.1. The zero-order valence-electron chi connectivity index (χ0n) is 21.4. The third-order valence-corrected chi connectivity index (χ3v) is 7.21. The highest BCUT2D eigenvalue weighted by molar-refractivity contribution is 6.31. The first-order valence-corrected chi connectivity index (χ1v) is 13.5. The molecule has 1 unspecified atom stereocenters. The number of ether oxygens (including phenoxy) is 2. The lowest BCUT2D eigenvalue weighted by Gasteiger charge is -2.26. The van der Waals surface area contributed by atoms with Gasteiger partial charge in [-0.05, 0) is 66.6 Å². The first kappa shape index (κ1) is 26.0. The average Bonchev–Trinajstić information content (AvgIpc) is 3.25. The van der Waals surface area contributed by atoms with Crippen molar-refractivity contribution in [1.29, 1.82) is 0 Å². The van der Waals surface area contributed by atoms with Crippen molar-refractivity contribution in [2.24, 2.45) is 0 Å². The molecule has 1 aliphatic rings. The Hall–Kier alpha value is -4.26. The Labute approximate surface area is 240 Å². The number of hydrogen-bond acceptors (Lipinski definition) is 5. The lowest BCUT2D eigenvalue weighted by Crippen LogP contribution is -2.29. The quantitative estimate of drug-likeness (QED) is 0.199. The summed E-state index contributed by atoms with van der Waals surface area (Å²) in [6.07, 6.45) is 0. The van der Waals surface area contributed by atoms with Crippen LogP contribution < -0.4 is 19.8 Å². The molecule has 1 atom stereocenters. The second-order valence-electron chi connectivity index (χ2n) is 9.29. The molecule has 0 spiro atoms. The second-order valence-corrected chi connectivity index (χ2v) is 10.2. The zero-order valence-corrected chi connectivity index (χ0v) is 22.9. The predicted molar refractivity (Wildman–Crippen MR) is 156 cm³/mol. The first-order chi connectivity index (χ1) is 19.4. The van der Waals surface area contributed by atoms with Gasteiger partial charge in [0.15, 0.2) is 16.9 Å². The van der Waals surface area contributed by atoms with Crippen molar-refractivity contribution < 1.29 is 18.7 Å². The molecule has 6 nitrogen and oxygen atoms in total. The van der Waals surface area contributed by atoms with E-state index in [4.69, 9.17) is 37.1 Å². The van der Waals surface area contributed by atoms with Gasteiger partial charge in [-0.25, -0.2) is 0 Å². The van der Waals surface area contributed by atoms with Crippen LogP contribution in [-0.2, 0) is 6.61 Å². The Morgan fingerprint density at radius 3 is 2.40 bits per heavy atom. The van der Waals surface area contributed by atoms with Gasteiger partial charge in [0, 0.05) is 15.7 Å². The lowest BCUT2D eigenvalue weighted by molar-refractivity contribution is 0.0971. The van der Waals surface area contributed by atoms with Gasteiger partial charge in [-0.3, -0.25) is 14.5 Å². The molecular weight excluding hydrogens is 549 g/mol. The molecular formula is C32H23Cl2NO5. The van der Waals surface area contributed by atoms with E-state index in [-0.39, 0.29) is 22.3 Å². The van der Waals surface area contributed by atoms with Gasteiger partial charge in [-0.1, -0.05) is 65.7 Å². The van der Waals surface area contributed by atoms with Crippen molar-refractivity contribution in [2.45, 2.75) is 19.6 Å². The number of benzene rings is 4. The van der Waals surface area contributed by atoms with Crippen molar-refractivity contribution in [3.05, 3.63) is 134 Å². The molecule has 0 aliphatic carbocycles. The van der Waals surface area contributed by atoms with Crippen LogP contribution in [0.3, 0.4) is 0 Å². The maximum Gasteiger partial charge on any atom is 0.295 e. The van der Waals surface area contributed by atoms with Crippen LogP contribution in [-0.4, -0.2) is 12.5 Å². The Morgan fingerprint density at radius 2 is 1.62 bits per heavy atom. The van der Waals surface area contributed by atoms with Gasteiger partial charge < -0.3 is 13.9 Å². The number of carbonyl (C=O) groups excluding carboxylic acids is 1. The molecule has 0 fully saturated rings.